The summed E-state index contributed by atoms with van der Waals surface area (Å²) in [4.78, 5) is 42.3. The number of piperidine rings is 1. The monoisotopic (exact) mass is 631 g/mol. The Bertz CT molecular complexity index is 1810. The number of carbonyl (C=O) groups excluding carboxylic acids is 2. The summed E-state index contributed by atoms with van der Waals surface area (Å²) in [6, 6.07) is 10.8. The molecule has 3 aliphatic heterocycles. The first kappa shape index (κ1) is 30.1. The number of hydrogen-bond acceptors (Lipinski definition) is 5. The van der Waals surface area contributed by atoms with E-state index in [1.807, 2.05) is 17.9 Å². The molecule has 2 aromatic carbocycles. The normalized spacial score (nSPS) is 18.0. The highest BCUT2D eigenvalue weighted by molar-refractivity contribution is 6.11. The Balaban J connectivity index is 1.13. The summed E-state index contributed by atoms with van der Waals surface area (Å²) >= 11 is 0. The van der Waals surface area contributed by atoms with Crippen LogP contribution in [0.25, 0.3) is 11.0 Å². The van der Waals surface area contributed by atoms with Crippen molar-refractivity contribution < 1.29 is 22.8 Å². The second kappa shape index (κ2) is 11.7. The minimum Gasteiger partial charge on any atom is -0.371 e. The largest absolute Gasteiger partial charge is 0.416 e. The molecule has 0 unspecified atom stereocenters. The number of likely N-dealkylation sites (tertiary alicyclic amines) is 1. The van der Waals surface area contributed by atoms with E-state index in [9.17, 15) is 22.8 Å². The second-order valence-corrected chi connectivity index (χ2v) is 12.5. The van der Waals surface area contributed by atoms with Gasteiger partial charge in [0.05, 0.1) is 23.5 Å². The van der Waals surface area contributed by atoms with Gasteiger partial charge < -0.3 is 20.1 Å². The van der Waals surface area contributed by atoms with Gasteiger partial charge in [0.1, 0.15) is 5.65 Å². The van der Waals surface area contributed by atoms with Crippen molar-refractivity contribution in [1.82, 2.24) is 14.9 Å². The van der Waals surface area contributed by atoms with Crippen LogP contribution in [0.3, 0.4) is 0 Å². The Hall–Kier alpha value is -4.58. The predicted octanol–water partition coefficient (Wildman–Crippen LogP) is 6.78. The number of carbonyl (C=O) groups is 2. The molecule has 240 valence electrons. The van der Waals surface area contributed by atoms with E-state index in [-0.39, 0.29) is 18.1 Å². The van der Waals surface area contributed by atoms with Gasteiger partial charge >= 0.3 is 12.2 Å². The second-order valence-electron chi connectivity index (χ2n) is 12.5. The van der Waals surface area contributed by atoms with E-state index in [4.69, 9.17) is 0 Å². The minimum absolute atomic E-state index is 0.0714. The number of nitrogens with zero attached hydrogens (tertiary/aromatic N) is 5. The van der Waals surface area contributed by atoms with Crippen LogP contribution in [-0.2, 0) is 12.7 Å². The number of amides is 3. The average Bonchev–Trinajstić information content (AvgIpc) is 3.76. The number of urea groups is 1. The third kappa shape index (κ3) is 5.55. The lowest BCUT2D eigenvalue weighted by Gasteiger charge is -2.38. The minimum atomic E-state index is -4.60. The summed E-state index contributed by atoms with van der Waals surface area (Å²) in [5.41, 5.74) is 3.57. The van der Waals surface area contributed by atoms with Crippen LogP contribution >= 0.6 is 0 Å². The van der Waals surface area contributed by atoms with Gasteiger partial charge in [-0.15, -0.1) is 0 Å². The third-order valence-corrected chi connectivity index (χ3v) is 9.57. The molecule has 7 rings (SSSR count). The van der Waals surface area contributed by atoms with E-state index in [2.05, 4.69) is 20.2 Å². The van der Waals surface area contributed by atoms with Crippen LogP contribution < -0.4 is 20.0 Å². The van der Waals surface area contributed by atoms with Crippen molar-refractivity contribution in [2.45, 2.75) is 51.4 Å². The molecule has 5 heterocycles. The number of anilines is 4. The quantitative estimate of drug-likeness (QED) is 0.254. The molecule has 3 amide bonds. The Morgan fingerprint density at radius 2 is 1.78 bits per heavy atom. The smallest absolute Gasteiger partial charge is 0.371 e. The summed E-state index contributed by atoms with van der Waals surface area (Å²) in [7, 11) is 1.71. The van der Waals surface area contributed by atoms with Crippen LogP contribution in [-0.4, -0.2) is 66.1 Å². The lowest BCUT2D eigenvalue weighted by Crippen LogP contribution is -2.45. The SMILES string of the molecule is Cc1ccc(NC(=O)c2cc(N3CCC(N4CCCC4)CC3)cc(C(F)(F)F)c2)cc1N1Cc2cnc3[nH]ccc3c2N(C)C1=O. The molecule has 0 radical (unpaired) electrons. The third-order valence-electron chi connectivity index (χ3n) is 9.57. The molecule has 46 heavy (non-hydrogen) atoms. The Morgan fingerprint density at radius 1 is 1.02 bits per heavy atom. The van der Waals surface area contributed by atoms with E-state index in [0.29, 0.717) is 41.8 Å². The molecule has 0 saturated carbocycles. The number of rotatable bonds is 5. The van der Waals surface area contributed by atoms with Crippen molar-refractivity contribution in [2.75, 3.05) is 53.2 Å². The van der Waals surface area contributed by atoms with Gasteiger partial charge in [0.15, 0.2) is 0 Å². The molecule has 2 N–H and O–H groups in total. The maximum Gasteiger partial charge on any atom is 0.416 e. The Labute approximate surface area is 265 Å². The van der Waals surface area contributed by atoms with Crippen molar-refractivity contribution >= 4 is 45.7 Å². The van der Waals surface area contributed by atoms with Gasteiger partial charge in [-0.05, 0) is 87.7 Å². The highest BCUT2D eigenvalue weighted by Gasteiger charge is 2.34. The maximum absolute atomic E-state index is 14.0. The van der Waals surface area contributed by atoms with Gasteiger partial charge in [-0.25, -0.2) is 9.78 Å². The van der Waals surface area contributed by atoms with Gasteiger partial charge in [-0.3, -0.25) is 14.6 Å². The van der Waals surface area contributed by atoms with Crippen molar-refractivity contribution in [3.05, 3.63) is 77.1 Å². The highest BCUT2D eigenvalue weighted by atomic mass is 19.4. The van der Waals surface area contributed by atoms with Gasteiger partial charge in [0.25, 0.3) is 5.91 Å². The van der Waals surface area contributed by atoms with Crippen molar-refractivity contribution in [2.24, 2.45) is 0 Å². The lowest BCUT2D eigenvalue weighted by atomic mass is 10.0. The lowest BCUT2D eigenvalue weighted by molar-refractivity contribution is -0.137. The fraction of sp³-hybridized carbons (Fsp3) is 0.382. The van der Waals surface area contributed by atoms with E-state index >= 15 is 0 Å². The average molecular weight is 632 g/mol. The summed E-state index contributed by atoms with van der Waals surface area (Å²) in [6.07, 6.45) is 3.07. The summed E-state index contributed by atoms with van der Waals surface area (Å²) in [6.45, 7) is 5.58. The number of H-pyrrole nitrogens is 1. The first-order valence-corrected chi connectivity index (χ1v) is 15.7. The molecule has 2 saturated heterocycles. The van der Waals surface area contributed by atoms with Crippen LogP contribution in [0, 0.1) is 6.92 Å². The number of benzene rings is 2. The maximum atomic E-state index is 14.0. The first-order chi connectivity index (χ1) is 22.1. The van der Waals surface area contributed by atoms with Crippen LogP contribution in [0.5, 0.6) is 0 Å². The van der Waals surface area contributed by atoms with Gasteiger partial charge in [0.2, 0.25) is 0 Å². The molecule has 2 aromatic heterocycles. The topological polar surface area (TPSA) is 87.8 Å². The molecule has 12 heteroatoms. The Morgan fingerprint density at radius 3 is 2.52 bits per heavy atom. The molecular weight excluding hydrogens is 595 g/mol. The molecule has 2 fully saturated rings. The highest BCUT2D eigenvalue weighted by Crippen LogP contribution is 2.38. The molecule has 0 spiro atoms. The van der Waals surface area contributed by atoms with E-state index in [1.54, 1.807) is 53.5 Å². The molecule has 0 aliphatic carbocycles. The number of hydrogen-bond donors (Lipinski definition) is 2. The molecule has 0 atom stereocenters. The zero-order valence-electron chi connectivity index (χ0n) is 25.8. The van der Waals surface area contributed by atoms with Crippen molar-refractivity contribution in [3.63, 3.8) is 0 Å². The number of halogens is 3. The molecule has 4 aromatic rings. The fourth-order valence-corrected chi connectivity index (χ4v) is 7.12. The van der Waals surface area contributed by atoms with Crippen LogP contribution in [0.4, 0.5) is 40.7 Å². The molecule has 3 aliphatic rings. The van der Waals surface area contributed by atoms with Crippen molar-refractivity contribution in [3.8, 4) is 0 Å². The van der Waals surface area contributed by atoms with E-state index < -0.39 is 17.6 Å². The molecular formula is C34H36F3N7O2. The van der Waals surface area contributed by atoms with Gasteiger partial charge in [-0.1, -0.05) is 6.07 Å². The zero-order valence-corrected chi connectivity index (χ0v) is 25.8. The summed E-state index contributed by atoms with van der Waals surface area (Å²) in [5, 5.41) is 3.63. The van der Waals surface area contributed by atoms with Gasteiger partial charge in [-0.2, -0.15) is 13.2 Å². The van der Waals surface area contributed by atoms with Crippen LogP contribution in [0.15, 0.2) is 54.9 Å². The number of alkyl halides is 3. The van der Waals surface area contributed by atoms with Gasteiger partial charge in [0, 0.05) is 66.5 Å². The van der Waals surface area contributed by atoms with Crippen LogP contribution in [0.1, 0.15) is 52.7 Å². The molecule has 0 bridgehead atoms. The zero-order chi connectivity index (χ0) is 32.2. The number of nitrogens with one attached hydrogen (secondary N) is 2. The molecule has 9 nitrogen and oxygen atoms in total. The standard InChI is InChI=1S/C34H36F3N7O2/c1-21-5-6-25(18-29(21)44-20-23-19-39-31-28(7-10-38-31)30(23)41(2)33(44)46)40-32(45)22-15-24(34(35,36)37)17-27(16-22)43-13-8-26(9-14-43)42-11-3-4-12-42/h5-7,10,15-19,26H,3-4,8-9,11-14,20H2,1-2H3,(H,38,39)(H,40,45). The van der Waals surface area contributed by atoms with E-state index in [0.717, 1.165) is 60.3 Å². The van der Waals surface area contributed by atoms with Crippen LogP contribution in [0.2, 0.25) is 0 Å². The number of pyridine rings is 1. The summed E-state index contributed by atoms with van der Waals surface area (Å²) < 4.78 is 42.0. The van der Waals surface area contributed by atoms with Crippen molar-refractivity contribution in [1.29, 1.82) is 0 Å². The number of fused-ring (bicyclic) bond motifs is 3. The van der Waals surface area contributed by atoms with E-state index in [1.165, 1.54) is 12.8 Å². The number of aromatic amines is 1. The number of aryl methyl sites for hydroxylation is 1. The fourth-order valence-electron chi connectivity index (χ4n) is 7.12. The number of aromatic nitrogens is 2. The predicted molar refractivity (Wildman–Crippen MR) is 173 cm³/mol. The summed E-state index contributed by atoms with van der Waals surface area (Å²) in [5.74, 6) is -0.652. The first-order valence-electron chi connectivity index (χ1n) is 15.7. The Kier molecular flexibility index (Phi) is 7.62.